The van der Waals surface area contributed by atoms with Gasteiger partial charge < -0.3 is 5.73 Å². The van der Waals surface area contributed by atoms with Crippen LogP contribution in [0.2, 0.25) is 0 Å². The predicted molar refractivity (Wildman–Crippen MR) is 61.2 cm³/mol. The molecule has 0 saturated heterocycles. The summed E-state index contributed by atoms with van der Waals surface area (Å²) < 4.78 is 25.8. The molecular formula is C13H12F2N2. The van der Waals surface area contributed by atoms with Crippen molar-refractivity contribution < 1.29 is 8.78 Å². The van der Waals surface area contributed by atoms with E-state index in [2.05, 4.69) is 4.98 Å². The van der Waals surface area contributed by atoms with Crippen molar-refractivity contribution in [2.45, 2.75) is 12.5 Å². The Morgan fingerprint density at radius 1 is 1.12 bits per heavy atom. The van der Waals surface area contributed by atoms with E-state index in [1.807, 2.05) is 18.2 Å². The first kappa shape index (κ1) is 11.7. The lowest BCUT2D eigenvalue weighted by atomic mass is 10.0. The number of halogens is 2. The standard InChI is InChI=1S/C13H12F2N2/c14-11-5-4-9(7-12(11)15)13(16)8-10-3-1-2-6-17-10/h1-7,13H,8,16H2. The van der Waals surface area contributed by atoms with Crippen LogP contribution in [-0.2, 0) is 6.42 Å². The van der Waals surface area contributed by atoms with Gasteiger partial charge in [-0.3, -0.25) is 4.98 Å². The topological polar surface area (TPSA) is 38.9 Å². The van der Waals surface area contributed by atoms with Crippen LogP contribution in [0, 0.1) is 11.6 Å². The average Bonchev–Trinajstić information content (AvgIpc) is 2.34. The molecule has 2 nitrogen and oxygen atoms in total. The monoisotopic (exact) mass is 234 g/mol. The Morgan fingerprint density at radius 2 is 1.94 bits per heavy atom. The molecule has 88 valence electrons. The molecule has 0 aliphatic heterocycles. The number of hydrogen-bond acceptors (Lipinski definition) is 2. The van der Waals surface area contributed by atoms with E-state index in [4.69, 9.17) is 5.73 Å². The lowest BCUT2D eigenvalue weighted by Crippen LogP contribution is -2.14. The summed E-state index contributed by atoms with van der Waals surface area (Å²) in [6, 6.07) is 8.84. The molecule has 1 heterocycles. The summed E-state index contributed by atoms with van der Waals surface area (Å²) in [4.78, 5) is 4.14. The minimum Gasteiger partial charge on any atom is -0.324 e. The lowest BCUT2D eigenvalue weighted by Gasteiger charge is -2.11. The van der Waals surface area contributed by atoms with Crippen LogP contribution >= 0.6 is 0 Å². The zero-order valence-electron chi connectivity index (χ0n) is 9.11. The number of rotatable bonds is 3. The summed E-state index contributed by atoms with van der Waals surface area (Å²) in [5.74, 6) is -1.74. The smallest absolute Gasteiger partial charge is 0.159 e. The summed E-state index contributed by atoms with van der Waals surface area (Å²) in [6.45, 7) is 0. The highest BCUT2D eigenvalue weighted by atomic mass is 19.2. The Hall–Kier alpha value is -1.81. The third kappa shape index (κ3) is 2.85. The van der Waals surface area contributed by atoms with Crippen molar-refractivity contribution in [3.8, 4) is 0 Å². The van der Waals surface area contributed by atoms with Gasteiger partial charge in [0.1, 0.15) is 0 Å². The molecule has 17 heavy (non-hydrogen) atoms. The van der Waals surface area contributed by atoms with Gasteiger partial charge in [0.2, 0.25) is 0 Å². The van der Waals surface area contributed by atoms with Crippen molar-refractivity contribution in [1.82, 2.24) is 4.98 Å². The predicted octanol–water partition coefficient (Wildman–Crippen LogP) is 2.60. The van der Waals surface area contributed by atoms with E-state index in [1.165, 1.54) is 6.07 Å². The highest BCUT2D eigenvalue weighted by molar-refractivity contribution is 5.22. The molecule has 0 radical (unpaired) electrons. The van der Waals surface area contributed by atoms with E-state index in [0.29, 0.717) is 12.0 Å². The van der Waals surface area contributed by atoms with Crippen LogP contribution in [0.1, 0.15) is 17.3 Å². The molecule has 2 aromatic rings. The fraction of sp³-hybridized carbons (Fsp3) is 0.154. The van der Waals surface area contributed by atoms with Crippen molar-refractivity contribution in [3.63, 3.8) is 0 Å². The number of benzene rings is 1. The zero-order chi connectivity index (χ0) is 12.3. The van der Waals surface area contributed by atoms with E-state index in [9.17, 15) is 8.78 Å². The number of nitrogens with zero attached hydrogens (tertiary/aromatic N) is 1. The molecule has 0 fully saturated rings. The fourth-order valence-electron chi connectivity index (χ4n) is 1.61. The molecule has 0 aliphatic rings. The number of pyridine rings is 1. The second-order valence-corrected chi connectivity index (χ2v) is 3.81. The quantitative estimate of drug-likeness (QED) is 0.886. The van der Waals surface area contributed by atoms with Gasteiger partial charge in [0.05, 0.1) is 0 Å². The van der Waals surface area contributed by atoms with Crippen LogP contribution in [0.3, 0.4) is 0 Å². The highest BCUT2D eigenvalue weighted by Gasteiger charge is 2.10. The van der Waals surface area contributed by atoms with Crippen LogP contribution in [0.15, 0.2) is 42.6 Å². The zero-order valence-corrected chi connectivity index (χ0v) is 9.11. The molecular weight excluding hydrogens is 222 g/mol. The van der Waals surface area contributed by atoms with E-state index >= 15 is 0 Å². The summed E-state index contributed by atoms with van der Waals surface area (Å²) in [6.07, 6.45) is 2.17. The Morgan fingerprint density at radius 3 is 2.59 bits per heavy atom. The summed E-state index contributed by atoms with van der Waals surface area (Å²) in [7, 11) is 0. The van der Waals surface area contributed by atoms with Crippen molar-refractivity contribution in [1.29, 1.82) is 0 Å². The normalized spacial score (nSPS) is 12.4. The van der Waals surface area contributed by atoms with Crippen LogP contribution in [0.5, 0.6) is 0 Å². The number of hydrogen-bond donors (Lipinski definition) is 1. The van der Waals surface area contributed by atoms with E-state index in [-0.39, 0.29) is 6.04 Å². The molecule has 1 aromatic carbocycles. The van der Waals surface area contributed by atoms with Crippen molar-refractivity contribution in [2.24, 2.45) is 5.73 Å². The van der Waals surface area contributed by atoms with Gasteiger partial charge in [0.25, 0.3) is 0 Å². The van der Waals surface area contributed by atoms with E-state index in [1.54, 1.807) is 6.20 Å². The van der Waals surface area contributed by atoms with Gasteiger partial charge in [-0.1, -0.05) is 12.1 Å². The molecule has 2 rings (SSSR count). The Bertz CT molecular complexity index is 500. The fourth-order valence-corrected chi connectivity index (χ4v) is 1.61. The molecule has 4 heteroatoms. The Kier molecular flexibility index (Phi) is 3.44. The van der Waals surface area contributed by atoms with Gasteiger partial charge in [-0.2, -0.15) is 0 Å². The largest absolute Gasteiger partial charge is 0.324 e. The minimum absolute atomic E-state index is 0.389. The highest BCUT2D eigenvalue weighted by Crippen LogP contribution is 2.17. The molecule has 1 aromatic heterocycles. The molecule has 1 atom stereocenters. The summed E-state index contributed by atoms with van der Waals surface area (Å²) in [5, 5.41) is 0. The van der Waals surface area contributed by atoms with Gasteiger partial charge in [-0.25, -0.2) is 8.78 Å². The molecule has 2 N–H and O–H groups in total. The van der Waals surface area contributed by atoms with Gasteiger partial charge in [0.15, 0.2) is 11.6 Å². The first-order valence-corrected chi connectivity index (χ1v) is 5.27. The van der Waals surface area contributed by atoms with E-state index < -0.39 is 11.6 Å². The molecule has 0 bridgehead atoms. The minimum atomic E-state index is -0.876. The maximum Gasteiger partial charge on any atom is 0.159 e. The maximum absolute atomic E-state index is 13.0. The van der Waals surface area contributed by atoms with Crippen molar-refractivity contribution >= 4 is 0 Å². The molecule has 0 aliphatic carbocycles. The Labute approximate surface area is 98.1 Å². The van der Waals surface area contributed by atoms with E-state index in [0.717, 1.165) is 17.8 Å². The summed E-state index contributed by atoms with van der Waals surface area (Å²) >= 11 is 0. The van der Waals surface area contributed by atoms with Gasteiger partial charge in [-0.05, 0) is 29.8 Å². The molecule has 0 spiro atoms. The maximum atomic E-state index is 13.0. The van der Waals surface area contributed by atoms with Crippen LogP contribution in [0.4, 0.5) is 8.78 Å². The second kappa shape index (κ2) is 5.01. The molecule has 0 saturated carbocycles. The van der Waals surface area contributed by atoms with Crippen LogP contribution in [-0.4, -0.2) is 4.98 Å². The summed E-state index contributed by atoms with van der Waals surface area (Å²) in [5.41, 5.74) is 7.31. The third-order valence-electron chi connectivity index (χ3n) is 2.53. The lowest BCUT2D eigenvalue weighted by molar-refractivity contribution is 0.505. The van der Waals surface area contributed by atoms with Gasteiger partial charge in [0, 0.05) is 24.4 Å². The Balaban J connectivity index is 2.14. The van der Waals surface area contributed by atoms with Crippen molar-refractivity contribution in [3.05, 3.63) is 65.5 Å². The van der Waals surface area contributed by atoms with Gasteiger partial charge >= 0.3 is 0 Å². The average molecular weight is 234 g/mol. The number of aromatic nitrogens is 1. The second-order valence-electron chi connectivity index (χ2n) is 3.81. The third-order valence-corrected chi connectivity index (χ3v) is 2.53. The first-order chi connectivity index (χ1) is 8.16. The first-order valence-electron chi connectivity index (χ1n) is 5.27. The van der Waals surface area contributed by atoms with Crippen molar-refractivity contribution in [2.75, 3.05) is 0 Å². The van der Waals surface area contributed by atoms with Crippen LogP contribution in [0.25, 0.3) is 0 Å². The van der Waals surface area contributed by atoms with Crippen LogP contribution < -0.4 is 5.73 Å². The number of nitrogens with two attached hydrogens (primary N) is 1. The molecule has 1 unspecified atom stereocenters. The molecule has 0 amide bonds. The van der Waals surface area contributed by atoms with Gasteiger partial charge in [-0.15, -0.1) is 0 Å². The SMILES string of the molecule is NC(Cc1ccccn1)c1ccc(F)c(F)c1.